The molecule has 1 aromatic rings. The van der Waals surface area contributed by atoms with E-state index in [0.717, 1.165) is 36.9 Å². The highest BCUT2D eigenvalue weighted by Crippen LogP contribution is 2.30. The summed E-state index contributed by atoms with van der Waals surface area (Å²) >= 11 is 4.77. The lowest BCUT2D eigenvalue weighted by atomic mass is 9.97. The topological polar surface area (TPSA) is 35.0 Å². The molecule has 1 aliphatic rings. The van der Waals surface area contributed by atoms with Crippen LogP contribution >= 0.6 is 27.7 Å². The fraction of sp³-hybridized carbons (Fsp3) is 0.750. The van der Waals surface area contributed by atoms with Crippen molar-refractivity contribution in [3.8, 4) is 0 Å². The van der Waals surface area contributed by atoms with Gasteiger partial charge in [0.25, 0.3) is 0 Å². The summed E-state index contributed by atoms with van der Waals surface area (Å²) in [5.41, 5.74) is 1.03. The normalized spacial score (nSPS) is 28.1. The Balaban J connectivity index is 2.06. The molecule has 0 amide bonds. The fourth-order valence-corrected chi connectivity index (χ4v) is 2.71. The number of ether oxygens (including phenoxy) is 1. The van der Waals surface area contributed by atoms with Gasteiger partial charge in [0.1, 0.15) is 0 Å². The Morgan fingerprint density at radius 1 is 1.69 bits per heavy atom. The first-order valence-corrected chi connectivity index (χ1v) is 6.16. The first kappa shape index (κ1) is 9.55. The minimum atomic E-state index is -0.0181. The fourth-order valence-electron chi connectivity index (χ4n) is 1.64. The van der Waals surface area contributed by atoms with Gasteiger partial charge in [-0.1, -0.05) is 15.9 Å². The molecule has 0 radical (unpaired) electrons. The van der Waals surface area contributed by atoms with Crippen LogP contribution in [0.3, 0.4) is 0 Å². The zero-order chi connectivity index (χ0) is 9.15. The molecule has 72 valence electrons. The summed E-state index contributed by atoms with van der Waals surface area (Å²) in [7, 11) is 0. The molecule has 1 atom stereocenters. The molecule has 1 fully saturated rings. The van der Waals surface area contributed by atoms with Gasteiger partial charge < -0.3 is 4.74 Å². The second-order valence-electron chi connectivity index (χ2n) is 3.34. The predicted molar refractivity (Wildman–Crippen MR) is 55.3 cm³/mol. The third-order valence-electron chi connectivity index (χ3n) is 2.34. The standard InChI is InChI=1S/C8H11BrN2OS/c9-6-8(2-1-3-12-8)4-7-5-10-13-11-7/h5H,1-4,6H2. The molecule has 1 aliphatic heterocycles. The zero-order valence-corrected chi connectivity index (χ0v) is 9.60. The van der Waals surface area contributed by atoms with Crippen LogP contribution in [0.2, 0.25) is 0 Å². The summed E-state index contributed by atoms with van der Waals surface area (Å²) < 4.78 is 13.9. The molecule has 3 nitrogen and oxygen atoms in total. The van der Waals surface area contributed by atoms with E-state index in [4.69, 9.17) is 4.74 Å². The monoisotopic (exact) mass is 262 g/mol. The molecule has 13 heavy (non-hydrogen) atoms. The molecule has 1 aromatic heterocycles. The second kappa shape index (κ2) is 4.02. The molecule has 0 saturated carbocycles. The first-order valence-electron chi connectivity index (χ1n) is 4.31. The van der Waals surface area contributed by atoms with Gasteiger partial charge in [-0.25, -0.2) is 0 Å². The molecule has 1 unspecified atom stereocenters. The van der Waals surface area contributed by atoms with Crippen molar-refractivity contribution < 1.29 is 4.74 Å². The van der Waals surface area contributed by atoms with Crippen LogP contribution in [-0.4, -0.2) is 26.3 Å². The summed E-state index contributed by atoms with van der Waals surface area (Å²) in [5.74, 6) is 0. The van der Waals surface area contributed by atoms with Crippen molar-refractivity contribution in [1.82, 2.24) is 8.75 Å². The van der Waals surface area contributed by atoms with E-state index in [0.29, 0.717) is 0 Å². The summed E-state index contributed by atoms with van der Waals surface area (Å²) in [6, 6.07) is 0. The van der Waals surface area contributed by atoms with Gasteiger partial charge in [0.15, 0.2) is 0 Å². The molecular weight excluding hydrogens is 252 g/mol. The second-order valence-corrected chi connectivity index (χ2v) is 4.46. The average Bonchev–Trinajstić information content (AvgIpc) is 2.77. The average molecular weight is 263 g/mol. The number of aromatic nitrogens is 2. The van der Waals surface area contributed by atoms with Crippen molar-refractivity contribution in [2.45, 2.75) is 24.9 Å². The molecule has 5 heteroatoms. The van der Waals surface area contributed by atoms with Gasteiger partial charge in [0.2, 0.25) is 0 Å². The quantitative estimate of drug-likeness (QED) is 0.782. The van der Waals surface area contributed by atoms with Crippen LogP contribution in [0.5, 0.6) is 0 Å². The van der Waals surface area contributed by atoms with E-state index in [1.54, 1.807) is 0 Å². The molecular formula is C8H11BrN2OS. The van der Waals surface area contributed by atoms with E-state index in [1.807, 2.05) is 6.20 Å². The summed E-state index contributed by atoms with van der Waals surface area (Å²) in [4.78, 5) is 0. The maximum absolute atomic E-state index is 5.75. The molecule has 2 heterocycles. The Hall–Kier alpha value is -0.0000000000000000486. The van der Waals surface area contributed by atoms with Crippen LogP contribution in [0.15, 0.2) is 6.20 Å². The van der Waals surface area contributed by atoms with E-state index in [1.165, 1.54) is 11.7 Å². The molecule has 0 bridgehead atoms. The van der Waals surface area contributed by atoms with Gasteiger partial charge in [-0.2, -0.15) is 8.75 Å². The predicted octanol–water partition coefficient (Wildman–Crippen LogP) is 2.02. The first-order chi connectivity index (χ1) is 6.35. The van der Waals surface area contributed by atoms with Gasteiger partial charge >= 0.3 is 0 Å². The number of nitrogens with zero attached hydrogens (tertiary/aromatic N) is 2. The number of hydrogen-bond acceptors (Lipinski definition) is 4. The van der Waals surface area contributed by atoms with Crippen molar-refractivity contribution in [2.75, 3.05) is 11.9 Å². The van der Waals surface area contributed by atoms with E-state index < -0.39 is 0 Å². The van der Waals surface area contributed by atoms with Crippen molar-refractivity contribution >= 4 is 27.7 Å². The third kappa shape index (κ3) is 2.08. The van der Waals surface area contributed by atoms with Crippen LogP contribution in [0.25, 0.3) is 0 Å². The Bertz CT molecular complexity index is 259. The lowest BCUT2D eigenvalue weighted by molar-refractivity contribution is 0.0253. The summed E-state index contributed by atoms with van der Waals surface area (Å²) in [5, 5.41) is 0.886. The molecule has 0 aliphatic carbocycles. The molecule has 0 spiro atoms. The summed E-state index contributed by atoms with van der Waals surface area (Å²) in [6.45, 7) is 0.878. The Kier molecular flexibility index (Phi) is 2.96. The molecule has 2 rings (SSSR count). The van der Waals surface area contributed by atoms with Crippen molar-refractivity contribution in [1.29, 1.82) is 0 Å². The highest BCUT2D eigenvalue weighted by Gasteiger charge is 2.34. The van der Waals surface area contributed by atoms with Gasteiger partial charge in [0, 0.05) is 18.4 Å². The third-order valence-corrected chi connectivity index (χ3v) is 3.88. The molecule has 0 aromatic carbocycles. The molecule has 0 N–H and O–H groups in total. The maximum Gasteiger partial charge on any atom is 0.0835 e. The largest absolute Gasteiger partial charge is 0.374 e. The van der Waals surface area contributed by atoms with Crippen LogP contribution in [0, 0.1) is 0 Å². The SMILES string of the molecule is BrCC1(Cc2cnsn2)CCCO1. The maximum atomic E-state index is 5.75. The minimum Gasteiger partial charge on any atom is -0.374 e. The van der Waals surface area contributed by atoms with E-state index in [-0.39, 0.29) is 5.60 Å². The lowest BCUT2D eigenvalue weighted by Gasteiger charge is -2.24. The molecule has 1 saturated heterocycles. The number of hydrogen-bond donors (Lipinski definition) is 0. The highest BCUT2D eigenvalue weighted by atomic mass is 79.9. The smallest absolute Gasteiger partial charge is 0.0835 e. The van der Waals surface area contributed by atoms with Gasteiger partial charge in [-0.3, -0.25) is 0 Å². The van der Waals surface area contributed by atoms with Crippen LogP contribution in [-0.2, 0) is 11.2 Å². The van der Waals surface area contributed by atoms with E-state index in [9.17, 15) is 0 Å². The van der Waals surface area contributed by atoms with Crippen molar-refractivity contribution in [3.05, 3.63) is 11.9 Å². The van der Waals surface area contributed by atoms with Gasteiger partial charge in [-0.05, 0) is 12.8 Å². The Labute approximate surface area is 90.0 Å². The lowest BCUT2D eigenvalue weighted by Crippen LogP contribution is -2.32. The van der Waals surface area contributed by atoms with Crippen LogP contribution in [0.4, 0.5) is 0 Å². The van der Waals surface area contributed by atoms with Gasteiger partial charge in [-0.15, -0.1) is 0 Å². The van der Waals surface area contributed by atoms with Crippen LogP contribution in [0.1, 0.15) is 18.5 Å². The Morgan fingerprint density at radius 2 is 2.62 bits per heavy atom. The Morgan fingerprint density at radius 3 is 3.15 bits per heavy atom. The number of halogens is 1. The summed E-state index contributed by atoms with van der Waals surface area (Å²) in [6.07, 6.45) is 4.99. The highest BCUT2D eigenvalue weighted by molar-refractivity contribution is 9.09. The van der Waals surface area contributed by atoms with E-state index in [2.05, 4.69) is 24.7 Å². The van der Waals surface area contributed by atoms with Crippen molar-refractivity contribution in [3.63, 3.8) is 0 Å². The minimum absolute atomic E-state index is 0.0181. The van der Waals surface area contributed by atoms with Gasteiger partial charge in [0.05, 0.1) is 29.2 Å². The number of alkyl halides is 1. The van der Waals surface area contributed by atoms with Crippen LogP contribution < -0.4 is 0 Å². The zero-order valence-electron chi connectivity index (χ0n) is 7.20. The van der Waals surface area contributed by atoms with E-state index >= 15 is 0 Å². The number of rotatable bonds is 3. The van der Waals surface area contributed by atoms with Crippen molar-refractivity contribution in [2.24, 2.45) is 0 Å².